The molecule has 0 aromatic rings. The molecule has 0 aromatic carbocycles. The highest BCUT2D eigenvalue weighted by Gasteiger charge is 2.17. The molecule has 0 aliphatic heterocycles. The third kappa shape index (κ3) is 4.03. The zero-order chi connectivity index (χ0) is 11.4. The smallest absolute Gasteiger partial charge is 0.0955 e. The molecule has 1 rings (SSSR count). The van der Waals surface area contributed by atoms with Gasteiger partial charge in [-0.2, -0.15) is 0 Å². The molecule has 0 radical (unpaired) electrons. The Morgan fingerprint density at radius 2 is 2.20 bits per heavy atom. The van der Waals surface area contributed by atoms with Gasteiger partial charge in [0.25, 0.3) is 0 Å². The van der Waals surface area contributed by atoms with Crippen molar-refractivity contribution in [2.75, 3.05) is 6.54 Å². The summed E-state index contributed by atoms with van der Waals surface area (Å²) in [6.07, 6.45) is 1.93. The fourth-order valence-corrected chi connectivity index (χ4v) is 1.47. The second kappa shape index (κ2) is 5.30. The fraction of sp³-hybridized carbons (Fsp3) is 0.636. The van der Waals surface area contributed by atoms with E-state index in [1.807, 2.05) is 13.8 Å². The van der Waals surface area contributed by atoms with E-state index in [9.17, 15) is 15.3 Å². The average molecular weight is 213 g/mol. The monoisotopic (exact) mass is 213 g/mol. The Morgan fingerprint density at radius 1 is 1.53 bits per heavy atom. The van der Waals surface area contributed by atoms with Crippen LogP contribution in [0.3, 0.4) is 0 Å². The molecule has 4 N–H and O–H groups in total. The van der Waals surface area contributed by atoms with Crippen molar-refractivity contribution in [1.82, 2.24) is 5.32 Å². The van der Waals surface area contributed by atoms with Gasteiger partial charge in [0, 0.05) is 19.0 Å². The first kappa shape index (κ1) is 12.2. The molecule has 0 fully saturated rings. The van der Waals surface area contributed by atoms with Gasteiger partial charge >= 0.3 is 0 Å². The van der Waals surface area contributed by atoms with Gasteiger partial charge in [-0.05, 0) is 17.7 Å². The highest BCUT2D eigenvalue weighted by atomic mass is 16.3. The van der Waals surface area contributed by atoms with Gasteiger partial charge in [0.05, 0.1) is 18.0 Å². The lowest BCUT2D eigenvalue weighted by molar-refractivity contribution is 0.179. The van der Waals surface area contributed by atoms with Crippen LogP contribution in [0.5, 0.6) is 0 Å². The zero-order valence-electron chi connectivity index (χ0n) is 9.14. The summed E-state index contributed by atoms with van der Waals surface area (Å²) in [5, 5.41) is 31.5. The Balaban J connectivity index is 2.55. The van der Waals surface area contributed by atoms with E-state index in [4.69, 9.17) is 0 Å². The van der Waals surface area contributed by atoms with E-state index in [0.29, 0.717) is 18.2 Å². The van der Waals surface area contributed by atoms with Crippen molar-refractivity contribution in [3.8, 4) is 0 Å². The summed E-state index contributed by atoms with van der Waals surface area (Å²) in [4.78, 5) is 0. The third-order valence-corrected chi connectivity index (χ3v) is 2.24. The quantitative estimate of drug-likeness (QED) is 0.548. The molecule has 2 unspecified atom stereocenters. The van der Waals surface area contributed by atoms with Gasteiger partial charge in [0.1, 0.15) is 0 Å². The van der Waals surface area contributed by atoms with E-state index in [2.05, 4.69) is 5.32 Å². The van der Waals surface area contributed by atoms with Gasteiger partial charge in [-0.15, -0.1) is 0 Å². The van der Waals surface area contributed by atoms with Crippen LogP contribution < -0.4 is 5.32 Å². The Morgan fingerprint density at radius 3 is 2.73 bits per heavy atom. The summed E-state index contributed by atoms with van der Waals surface area (Å²) in [5.41, 5.74) is 0.569. The molecule has 4 heteroatoms. The molecule has 0 bridgehead atoms. The minimum Gasteiger partial charge on any atom is -0.512 e. The maximum atomic E-state index is 9.76. The van der Waals surface area contributed by atoms with Crippen LogP contribution in [-0.2, 0) is 0 Å². The van der Waals surface area contributed by atoms with E-state index < -0.39 is 12.2 Å². The molecular weight excluding hydrogens is 194 g/mol. The lowest BCUT2D eigenvalue weighted by atomic mass is 9.99. The third-order valence-electron chi connectivity index (χ3n) is 2.24. The van der Waals surface area contributed by atoms with Crippen LogP contribution >= 0.6 is 0 Å². The van der Waals surface area contributed by atoms with Crippen molar-refractivity contribution in [1.29, 1.82) is 0 Å². The van der Waals surface area contributed by atoms with Gasteiger partial charge in [0.2, 0.25) is 0 Å². The number of rotatable bonds is 4. The predicted molar refractivity (Wildman–Crippen MR) is 58.6 cm³/mol. The summed E-state index contributed by atoms with van der Waals surface area (Å²) in [6.45, 7) is 4.40. The Hall–Kier alpha value is -0.840. The van der Waals surface area contributed by atoms with Gasteiger partial charge in [-0.1, -0.05) is 13.8 Å². The first-order valence-corrected chi connectivity index (χ1v) is 5.20. The van der Waals surface area contributed by atoms with E-state index in [1.165, 1.54) is 6.08 Å². The summed E-state index contributed by atoms with van der Waals surface area (Å²) in [7, 11) is 0. The van der Waals surface area contributed by atoms with Crippen molar-refractivity contribution >= 4 is 0 Å². The van der Waals surface area contributed by atoms with Crippen LogP contribution in [0.4, 0.5) is 0 Å². The van der Waals surface area contributed by atoms with Crippen molar-refractivity contribution in [2.45, 2.75) is 38.5 Å². The molecule has 4 nitrogen and oxygen atoms in total. The summed E-state index contributed by atoms with van der Waals surface area (Å²) >= 11 is 0. The maximum absolute atomic E-state index is 9.76. The predicted octanol–water partition coefficient (Wildman–Crippen LogP) is 0.478. The molecule has 0 amide bonds. The van der Waals surface area contributed by atoms with E-state index >= 15 is 0 Å². The largest absolute Gasteiger partial charge is 0.512 e. The van der Waals surface area contributed by atoms with Crippen LogP contribution in [0.1, 0.15) is 20.3 Å². The molecule has 0 heterocycles. The van der Waals surface area contributed by atoms with Crippen LogP contribution in [0.15, 0.2) is 23.5 Å². The highest BCUT2D eigenvalue weighted by molar-refractivity contribution is 5.30. The second-order valence-electron chi connectivity index (χ2n) is 4.15. The minimum atomic E-state index is -0.696. The number of aliphatic hydroxyl groups is 3. The molecule has 1 aliphatic carbocycles. The van der Waals surface area contributed by atoms with Gasteiger partial charge in [0.15, 0.2) is 0 Å². The van der Waals surface area contributed by atoms with Crippen molar-refractivity contribution < 1.29 is 15.3 Å². The normalized spacial score (nSPS) is 23.7. The molecule has 15 heavy (non-hydrogen) atoms. The SMILES string of the molecule is CC(C)NCC(O)C1=CC(O)CC(O)=C1. The maximum Gasteiger partial charge on any atom is 0.0955 e. The molecule has 1 aliphatic rings. The van der Waals surface area contributed by atoms with Crippen molar-refractivity contribution in [3.63, 3.8) is 0 Å². The lowest BCUT2D eigenvalue weighted by Gasteiger charge is -2.20. The zero-order valence-corrected chi connectivity index (χ0v) is 9.14. The molecule has 0 aromatic heterocycles. The van der Waals surface area contributed by atoms with E-state index in [-0.39, 0.29) is 12.2 Å². The molecule has 0 saturated carbocycles. The van der Waals surface area contributed by atoms with Crippen molar-refractivity contribution in [3.05, 3.63) is 23.5 Å². The van der Waals surface area contributed by atoms with Gasteiger partial charge in [-0.3, -0.25) is 0 Å². The Labute approximate surface area is 89.9 Å². The van der Waals surface area contributed by atoms with Crippen LogP contribution in [0, 0.1) is 0 Å². The number of nitrogens with one attached hydrogen (secondary N) is 1. The summed E-state index contributed by atoms with van der Waals surface area (Å²) in [5.74, 6) is 0.114. The van der Waals surface area contributed by atoms with Gasteiger partial charge in [-0.25, -0.2) is 0 Å². The molecule has 0 spiro atoms. The topological polar surface area (TPSA) is 72.7 Å². The molecule has 86 valence electrons. The Kier molecular flexibility index (Phi) is 4.32. The van der Waals surface area contributed by atoms with E-state index in [1.54, 1.807) is 6.08 Å². The number of aliphatic hydroxyl groups excluding tert-OH is 3. The number of hydrogen-bond donors (Lipinski definition) is 4. The van der Waals surface area contributed by atoms with Gasteiger partial charge < -0.3 is 20.6 Å². The van der Waals surface area contributed by atoms with Crippen LogP contribution in [0.2, 0.25) is 0 Å². The second-order valence-corrected chi connectivity index (χ2v) is 4.15. The first-order valence-electron chi connectivity index (χ1n) is 5.20. The van der Waals surface area contributed by atoms with Crippen LogP contribution in [0.25, 0.3) is 0 Å². The fourth-order valence-electron chi connectivity index (χ4n) is 1.47. The highest BCUT2D eigenvalue weighted by Crippen LogP contribution is 2.18. The standard InChI is InChI=1S/C11H19NO3/c1-7(2)12-6-11(15)8-3-9(13)5-10(14)4-8/h3-4,7,9,11-15H,5-6H2,1-2H3. The minimum absolute atomic E-state index is 0.114. The first-order chi connectivity index (χ1) is 6.99. The van der Waals surface area contributed by atoms with Crippen LogP contribution in [-0.4, -0.2) is 40.1 Å². The van der Waals surface area contributed by atoms with E-state index in [0.717, 1.165) is 0 Å². The number of hydrogen-bond acceptors (Lipinski definition) is 4. The van der Waals surface area contributed by atoms with Crippen molar-refractivity contribution in [2.24, 2.45) is 0 Å². The molecular formula is C11H19NO3. The lowest BCUT2D eigenvalue weighted by Crippen LogP contribution is -2.33. The molecule has 0 saturated heterocycles. The summed E-state index contributed by atoms with van der Waals surface area (Å²) < 4.78 is 0. The molecule has 2 atom stereocenters. The Bertz CT molecular complexity index is 271. The average Bonchev–Trinajstić information content (AvgIpc) is 2.12. The summed E-state index contributed by atoms with van der Waals surface area (Å²) in [6, 6.07) is 0.298.